The van der Waals surface area contributed by atoms with Gasteiger partial charge in [0.25, 0.3) is 5.56 Å². The lowest BCUT2D eigenvalue weighted by atomic mass is 10.1. The van der Waals surface area contributed by atoms with Crippen LogP contribution in [0.5, 0.6) is 0 Å². The van der Waals surface area contributed by atoms with Gasteiger partial charge in [-0.15, -0.1) is 0 Å². The van der Waals surface area contributed by atoms with Crippen LogP contribution in [-0.2, 0) is 11.3 Å². The summed E-state index contributed by atoms with van der Waals surface area (Å²) in [5, 5.41) is 0.511. The number of hydrogen-bond acceptors (Lipinski definition) is 4. The minimum atomic E-state index is -0.429. The molecule has 23 heavy (non-hydrogen) atoms. The number of para-hydroxylation sites is 1. The first-order chi connectivity index (χ1) is 11.0. The van der Waals surface area contributed by atoms with E-state index in [4.69, 9.17) is 4.74 Å². The van der Waals surface area contributed by atoms with Crippen molar-refractivity contribution in [3.63, 3.8) is 0 Å². The van der Waals surface area contributed by atoms with E-state index in [1.165, 1.54) is 0 Å². The lowest BCUT2D eigenvalue weighted by Gasteiger charge is -2.08. The Morgan fingerprint density at radius 1 is 1.17 bits per heavy atom. The van der Waals surface area contributed by atoms with Gasteiger partial charge < -0.3 is 9.72 Å². The van der Waals surface area contributed by atoms with E-state index in [0.29, 0.717) is 22.3 Å². The SMILES string of the molecule is Cc1ccc(C)c(C(=O)OCc2nc3ccccc3c(=O)[nH]2)c1. The van der Waals surface area contributed by atoms with E-state index >= 15 is 0 Å². The van der Waals surface area contributed by atoms with Crippen molar-refractivity contribution in [1.82, 2.24) is 9.97 Å². The van der Waals surface area contributed by atoms with E-state index in [-0.39, 0.29) is 12.2 Å². The molecule has 0 unspecified atom stereocenters. The number of fused-ring (bicyclic) bond motifs is 1. The van der Waals surface area contributed by atoms with Gasteiger partial charge in [0.05, 0.1) is 16.5 Å². The van der Waals surface area contributed by atoms with Crippen molar-refractivity contribution in [2.24, 2.45) is 0 Å². The first-order valence-electron chi connectivity index (χ1n) is 7.27. The number of aromatic nitrogens is 2. The van der Waals surface area contributed by atoms with Gasteiger partial charge >= 0.3 is 5.97 Å². The van der Waals surface area contributed by atoms with E-state index in [0.717, 1.165) is 11.1 Å². The number of rotatable bonds is 3. The van der Waals surface area contributed by atoms with Gasteiger partial charge in [0.15, 0.2) is 0 Å². The van der Waals surface area contributed by atoms with E-state index in [9.17, 15) is 9.59 Å². The number of nitrogens with one attached hydrogen (secondary N) is 1. The number of carbonyl (C=O) groups excluding carboxylic acids is 1. The predicted molar refractivity (Wildman–Crippen MR) is 87.4 cm³/mol. The molecule has 0 aliphatic heterocycles. The minimum Gasteiger partial charge on any atom is -0.454 e. The molecule has 0 radical (unpaired) electrons. The highest BCUT2D eigenvalue weighted by molar-refractivity contribution is 5.91. The molecule has 0 spiro atoms. The van der Waals surface area contributed by atoms with Crippen LogP contribution in [0.4, 0.5) is 0 Å². The summed E-state index contributed by atoms with van der Waals surface area (Å²) in [5.74, 6) is -0.102. The summed E-state index contributed by atoms with van der Waals surface area (Å²) in [4.78, 5) is 31.1. The van der Waals surface area contributed by atoms with Crippen molar-refractivity contribution in [3.05, 3.63) is 75.3 Å². The van der Waals surface area contributed by atoms with Crippen LogP contribution < -0.4 is 5.56 Å². The monoisotopic (exact) mass is 308 g/mol. The van der Waals surface area contributed by atoms with Gasteiger partial charge in [0, 0.05) is 0 Å². The highest BCUT2D eigenvalue weighted by Gasteiger charge is 2.12. The summed E-state index contributed by atoms with van der Waals surface area (Å²) in [6, 6.07) is 12.6. The fourth-order valence-electron chi connectivity index (χ4n) is 2.37. The number of aryl methyl sites for hydroxylation is 2. The average molecular weight is 308 g/mol. The molecule has 116 valence electrons. The number of hydrogen-bond donors (Lipinski definition) is 1. The quantitative estimate of drug-likeness (QED) is 0.755. The van der Waals surface area contributed by atoms with Crippen molar-refractivity contribution >= 4 is 16.9 Å². The second-order valence-corrected chi connectivity index (χ2v) is 5.42. The Labute approximate surface area is 133 Å². The van der Waals surface area contributed by atoms with Crippen LogP contribution in [0.2, 0.25) is 0 Å². The molecule has 1 heterocycles. The second-order valence-electron chi connectivity index (χ2n) is 5.42. The van der Waals surface area contributed by atoms with Gasteiger partial charge in [-0.05, 0) is 37.6 Å². The largest absolute Gasteiger partial charge is 0.454 e. The van der Waals surface area contributed by atoms with Crippen molar-refractivity contribution in [1.29, 1.82) is 0 Å². The average Bonchev–Trinajstić information content (AvgIpc) is 2.55. The number of nitrogens with zero attached hydrogens (tertiary/aromatic N) is 1. The number of ether oxygens (including phenoxy) is 1. The Bertz CT molecular complexity index is 944. The molecule has 0 bridgehead atoms. The van der Waals surface area contributed by atoms with Crippen LogP contribution in [0, 0.1) is 13.8 Å². The Morgan fingerprint density at radius 3 is 2.78 bits per heavy atom. The maximum atomic E-state index is 12.2. The zero-order valence-electron chi connectivity index (χ0n) is 12.9. The molecule has 0 amide bonds. The van der Waals surface area contributed by atoms with Crippen molar-refractivity contribution in [2.45, 2.75) is 20.5 Å². The maximum Gasteiger partial charge on any atom is 0.338 e. The third-order valence-corrected chi connectivity index (χ3v) is 3.61. The van der Waals surface area contributed by atoms with Gasteiger partial charge in [0.1, 0.15) is 12.4 Å². The number of benzene rings is 2. The number of H-pyrrole nitrogens is 1. The van der Waals surface area contributed by atoms with E-state index < -0.39 is 5.97 Å². The topological polar surface area (TPSA) is 72.0 Å². The zero-order chi connectivity index (χ0) is 16.4. The molecule has 0 saturated heterocycles. The standard InChI is InChI=1S/C18H16N2O3/c1-11-7-8-12(2)14(9-11)18(22)23-10-16-19-15-6-4-3-5-13(15)17(21)20-16/h3-9H,10H2,1-2H3,(H,19,20,21). The smallest absolute Gasteiger partial charge is 0.338 e. The van der Waals surface area contributed by atoms with Crippen LogP contribution in [0.1, 0.15) is 27.3 Å². The number of aromatic amines is 1. The maximum absolute atomic E-state index is 12.2. The Morgan fingerprint density at radius 2 is 1.96 bits per heavy atom. The predicted octanol–water partition coefficient (Wildman–Crippen LogP) is 2.90. The highest BCUT2D eigenvalue weighted by Crippen LogP contribution is 2.13. The summed E-state index contributed by atoms with van der Waals surface area (Å²) < 4.78 is 5.28. The van der Waals surface area contributed by atoms with Crippen LogP contribution in [0.25, 0.3) is 10.9 Å². The van der Waals surface area contributed by atoms with Gasteiger partial charge in [-0.25, -0.2) is 9.78 Å². The Balaban J connectivity index is 1.82. The first-order valence-corrected chi connectivity index (χ1v) is 7.27. The highest BCUT2D eigenvalue weighted by atomic mass is 16.5. The summed E-state index contributed by atoms with van der Waals surface area (Å²) in [6.07, 6.45) is 0. The van der Waals surface area contributed by atoms with E-state index in [2.05, 4.69) is 9.97 Å². The summed E-state index contributed by atoms with van der Waals surface area (Å²) >= 11 is 0. The van der Waals surface area contributed by atoms with Crippen molar-refractivity contribution in [3.8, 4) is 0 Å². The van der Waals surface area contributed by atoms with E-state index in [1.807, 2.05) is 26.0 Å². The third-order valence-electron chi connectivity index (χ3n) is 3.61. The number of carbonyl (C=O) groups is 1. The fourth-order valence-corrected chi connectivity index (χ4v) is 2.37. The molecule has 3 aromatic rings. The van der Waals surface area contributed by atoms with Crippen LogP contribution in [-0.4, -0.2) is 15.9 Å². The minimum absolute atomic E-state index is 0.0771. The molecule has 0 fully saturated rings. The van der Waals surface area contributed by atoms with Crippen LogP contribution in [0.15, 0.2) is 47.3 Å². The molecule has 5 nitrogen and oxygen atoms in total. The van der Waals surface area contributed by atoms with Crippen molar-refractivity contribution < 1.29 is 9.53 Å². The molecule has 1 N–H and O–H groups in total. The lowest BCUT2D eigenvalue weighted by molar-refractivity contribution is 0.0461. The molecule has 0 aliphatic rings. The second kappa shape index (κ2) is 6.04. The Hall–Kier alpha value is -2.95. The van der Waals surface area contributed by atoms with Gasteiger partial charge in [-0.2, -0.15) is 0 Å². The lowest BCUT2D eigenvalue weighted by Crippen LogP contribution is -2.15. The summed E-state index contributed by atoms with van der Waals surface area (Å²) in [6.45, 7) is 3.69. The van der Waals surface area contributed by atoms with Gasteiger partial charge in [-0.3, -0.25) is 4.79 Å². The zero-order valence-corrected chi connectivity index (χ0v) is 12.9. The fraction of sp³-hybridized carbons (Fsp3) is 0.167. The molecule has 0 saturated carbocycles. The van der Waals surface area contributed by atoms with Crippen LogP contribution in [0.3, 0.4) is 0 Å². The molecule has 0 atom stereocenters. The normalized spacial score (nSPS) is 10.7. The van der Waals surface area contributed by atoms with Gasteiger partial charge in [-0.1, -0.05) is 29.8 Å². The number of esters is 1. The summed E-state index contributed by atoms with van der Waals surface area (Å²) in [5.41, 5.74) is 2.69. The molecule has 3 rings (SSSR count). The molecule has 1 aromatic heterocycles. The molecular formula is C18H16N2O3. The molecular weight excluding hydrogens is 292 g/mol. The molecule has 2 aromatic carbocycles. The third kappa shape index (κ3) is 3.13. The van der Waals surface area contributed by atoms with E-state index in [1.54, 1.807) is 30.3 Å². The van der Waals surface area contributed by atoms with Gasteiger partial charge in [0.2, 0.25) is 0 Å². The Kier molecular flexibility index (Phi) is 3.93. The first kappa shape index (κ1) is 15.0. The molecule has 5 heteroatoms. The van der Waals surface area contributed by atoms with Crippen molar-refractivity contribution in [2.75, 3.05) is 0 Å². The van der Waals surface area contributed by atoms with Crippen LogP contribution >= 0.6 is 0 Å². The molecule has 0 aliphatic carbocycles. The summed E-state index contributed by atoms with van der Waals surface area (Å²) in [7, 11) is 0.